The summed E-state index contributed by atoms with van der Waals surface area (Å²) in [5, 5.41) is 17.6. The quantitative estimate of drug-likeness (QED) is 0.0487. The largest absolute Gasteiger partial charge is 0.466 e. The number of carbonyl (C=O) groups is 2. The molecule has 5 aliphatic rings. The molecular weight excluding hydrogens is 1100 g/mol. The zero-order chi connectivity index (χ0) is 57.5. The molecule has 8 heterocycles. The zero-order valence-electron chi connectivity index (χ0n) is 47.1. The lowest BCUT2D eigenvalue weighted by Crippen LogP contribution is -2.48. The number of hydrogen-bond acceptors (Lipinski definition) is 17. The Morgan fingerprint density at radius 3 is 2.48 bits per heavy atom. The van der Waals surface area contributed by atoms with Gasteiger partial charge in [0, 0.05) is 122 Å². The average Bonchev–Trinajstić information content (AvgIpc) is 3.79. The number of halogens is 3. The first-order valence-electron chi connectivity index (χ1n) is 28.5. The Morgan fingerprint density at radius 2 is 1.67 bits per heavy atom. The summed E-state index contributed by atoms with van der Waals surface area (Å²) in [4.78, 5) is 61.7. The van der Waals surface area contributed by atoms with Gasteiger partial charge in [0.15, 0.2) is 12.0 Å². The van der Waals surface area contributed by atoms with Gasteiger partial charge >= 0.3 is 18.0 Å². The van der Waals surface area contributed by atoms with Crippen molar-refractivity contribution in [2.24, 2.45) is 5.92 Å². The smallest absolute Gasteiger partial charge is 0.330 e. The number of benzene rings is 4. The molecule has 0 radical (unpaired) electrons. The first kappa shape index (κ1) is 55.9. The Balaban J connectivity index is 0.814. The molecule has 4 fully saturated rings. The Hall–Kier alpha value is -7.63. The van der Waals surface area contributed by atoms with E-state index in [0.717, 1.165) is 103 Å². The summed E-state index contributed by atoms with van der Waals surface area (Å²) in [6, 6.07) is 22.7. The number of hydrogen-bond donors (Lipinski definition) is 1. The molecule has 2 unspecified atom stereocenters. The molecule has 1 N–H and O–H groups in total. The number of amides is 1. The number of aromatic nitrogens is 5. The third-order valence-corrected chi connectivity index (χ3v) is 18.2. The van der Waals surface area contributed by atoms with Crippen LogP contribution in [0.4, 0.5) is 21.7 Å². The minimum atomic E-state index is -0.602. The molecule has 0 aliphatic carbocycles. The molecule has 3 atom stereocenters. The maximum absolute atomic E-state index is 17.3. The number of pyridine rings is 1. The molecular formula is C62H66Cl2FN13O5. The van der Waals surface area contributed by atoms with Crippen molar-refractivity contribution >= 4 is 84.8 Å². The van der Waals surface area contributed by atoms with Gasteiger partial charge in [-0.2, -0.15) is 25.2 Å². The van der Waals surface area contributed by atoms with Gasteiger partial charge in [-0.05, 0) is 99.6 Å². The van der Waals surface area contributed by atoms with E-state index in [1.165, 1.54) is 12.7 Å². The molecule has 1 amide bonds. The normalized spacial score (nSPS) is 20.0. The number of nitrogens with zero attached hydrogens (tertiary/aromatic N) is 12. The minimum absolute atomic E-state index is 0.0737. The molecule has 3 aromatic heterocycles. The van der Waals surface area contributed by atoms with Gasteiger partial charge in [0.25, 0.3) is 0 Å². The van der Waals surface area contributed by atoms with E-state index in [1.54, 1.807) is 17.2 Å². The van der Waals surface area contributed by atoms with Gasteiger partial charge in [0.2, 0.25) is 5.91 Å². The van der Waals surface area contributed by atoms with Gasteiger partial charge in [-0.3, -0.25) is 14.7 Å². The van der Waals surface area contributed by atoms with Crippen LogP contribution in [0.1, 0.15) is 61.4 Å². The van der Waals surface area contributed by atoms with Crippen LogP contribution in [0, 0.1) is 23.2 Å². The second-order valence-corrected chi connectivity index (χ2v) is 23.5. The summed E-state index contributed by atoms with van der Waals surface area (Å²) in [7, 11) is 7.26. The van der Waals surface area contributed by atoms with Crippen LogP contribution < -0.4 is 29.5 Å². The number of rotatable bonds is 18. The van der Waals surface area contributed by atoms with Crippen molar-refractivity contribution in [1.82, 2.24) is 44.9 Å². The number of anilines is 3. The number of likely N-dealkylation sites (tertiary alicyclic amines) is 2. The summed E-state index contributed by atoms with van der Waals surface area (Å²) >= 11 is 14.1. The van der Waals surface area contributed by atoms with E-state index < -0.39 is 17.7 Å². The lowest BCUT2D eigenvalue weighted by atomic mass is 9.93. The van der Waals surface area contributed by atoms with Crippen molar-refractivity contribution in [1.29, 1.82) is 5.26 Å². The predicted octanol–water partition coefficient (Wildman–Crippen LogP) is 9.15. The standard InChI is InChI=1S/C62H66Cl2FN13O5/c1-73-26-8-12-40(73)35-82-60-69-48-34-77(28-22-43(48)58(71-60)74(2)29-25-67-51(79)19-20-52(80)81-4)50-16-7-13-42-41(17-18-47(64)54(42)50)49-21-24-62(23-9-27-78(49)62)36-83-61-70-57-45(59(72-61)75(3)31-38-32-76(33-38)37-66)30-68-56(55(57)65)44-14-5-10-39-11-6-15-46(63)53(39)44/h5-7,10-11,13-20,30,38,40,49H,8-9,12,21-29,31-36H2,1-4H3,(H,67,79)/b20-19+/t40-,49?,62?/m0/s1. The lowest BCUT2D eigenvalue weighted by Gasteiger charge is -2.37. The highest BCUT2D eigenvalue weighted by Crippen LogP contribution is 2.51. The molecule has 430 valence electrons. The highest BCUT2D eigenvalue weighted by Gasteiger charge is 2.51. The van der Waals surface area contributed by atoms with Gasteiger partial charge in [-0.15, -0.1) is 0 Å². The fourth-order valence-corrected chi connectivity index (χ4v) is 13.8. The molecule has 0 bridgehead atoms. The first-order chi connectivity index (χ1) is 40.3. The third kappa shape index (κ3) is 11.0. The third-order valence-electron chi connectivity index (χ3n) is 17.6. The number of likely N-dealkylation sites (N-methyl/N-ethyl adjacent to an activating group) is 2. The molecule has 18 nitrogen and oxygen atoms in total. The van der Waals surface area contributed by atoms with Crippen molar-refractivity contribution in [3.63, 3.8) is 0 Å². The fourth-order valence-electron chi connectivity index (χ4n) is 13.3. The van der Waals surface area contributed by atoms with E-state index in [0.29, 0.717) is 104 Å². The van der Waals surface area contributed by atoms with Crippen molar-refractivity contribution in [2.45, 2.75) is 69.1 Å². The maximum atomic E-state index is 17.3. The monoisotopic (exact) mass is 1160 g/mol. The highest BCUT2D eigenvalue weighted by atomic mass is 35.5. The minimum Gasteiger partial charge on any atom is -0.466 e. The van der Waals surface area contributed by atoms with E-state index in [1.807, 2.05) is 60.3 Å². The van der Waals surface area contributed by atoms with Crippen LogP contribution in [0.15, 0.2) is 85.1 Å². The molecule has 7 aromatic rings. The van der Waals surface area contributed by atoms with Gasteiger partial charge in [-0.1, -0.05) is 71.7 Å². The Kier molecular flexibility index (Phi) is 15.9. The number of nitriles is 1. The molecule has 21 heteroatoms. The molecule has 0 saturated carbocycles. The molecule has 4 saturated heterocycles. The number of fused-ring (bicyclic) bond motifs is 5. The van der Waals surface area contributed by atoms with Gasteiger partial charge in [0.05, 0.1) is 35.3 Å². The number of ether oxygens (including phenoxy) is 3. The van der Waals surface area contributed by atoms with E-state index in [4.69, 9.17) is 57.6 Å². The van der Waals surface area contributed by atoms with Gasteiger partial charge < -0.3 is 44.0 Å². The molecule has 4 aromatic carbocycles. The SMILES string of the molecule is COC(=O)/C=C/C(=O)NCCN(C)c1nc(OC[C@@H]2CCCN2C)nc2c1CCN(c1cccc3c(C4CCC5(COc6nc(N(C)CC7CN(C#N)C7)c7cnc(-c8cccc9cccc(Cl)c89)c(F)c7n6)CCCN45)ccc(Cl)c13)C2. The number of carbonyl (C=O) groups excluding carboxylic acids is 2. The van der Waals surface area contributed by atoms with Crippen molar-refractivity contribution in [2.75, 3.05) is 109 Å². The fraction of sp³-hybridized carbons (Fsp3) is 0.419. The topological polar surface area (TPSA) is 182 Å². The van der Waals surface area contributed by atoms with E-state index >= 15 is 4.39 Å². The van der Waals surface area contributed by atoms with Crippen molar-refractivity contribution in [3.05, 3.63) is 118 Å². The van der Waals surface area contributed by atoms with E-state index in [9.17, 15) is 14.9 Å². The van der Waals surface area contributed by atoms with Crippen LogP contribution in [0.3, 0.4) is 0 Å². The first-order valence-corrected chi connectivity index (χ1v) is 29.3. The Morgan fingerprint density at radius 1 is 0.880 bits per heavy atom. The van der Waals surface area contributed by atoms with Crippen LogP contribution in [-0.2, 0) is 27.3 Å². The molecule has 83 heavy (non-hydrogen) atoms. The van der Waals surface area contributed by atoms with Crippen molar-refractivity contribution in [3.8, 4) is 29.5 Å². The molecule has 12 rings (SSSR count). The summed E-state index contributed by atoms with van der Waals surface area (Å²) in [6.07, 6.45) is 12.6. The van der Waals surface area contributed by atoms with E-state index in [2.05, 4.69) is 62.3 Å². The Bertz CT molecular complexity index is 3730. The summed E-state index contributed by atoms with van der Waals surface area (Å²) < 4.78 is 35.1. The number of methoxy groups -OCH3 is 1. The number of esters is 1. The van der Waals surface area contributed by atoms with Crippen LogP contribution in [0.2, 0.25) is 10.0 Å². The summed E-state index contributed by atoms with van der Waals surface area (Å²) in [5.74, 6) is -0.103. The maximum Gasteiger partial charge on any atom is 0.330 e. The van der Waals surface area contributed by atoms with Gasteiger partial charge in [-0.25, -0.2) is 9.18 Å². The number of nitrogens with one attached hydrogen (secondary N) is 1. The van der Waals surface area contributed by atoms with E-state index in [-0.39, 0.29) is 40.8 Å². The molecule has 0 spiro atoms. The lowest BCUT2D eigenvalue weighted by molar-refractivity contribution is -0.135. The Labute approximate surface area is 491 Å². The van der Waals surface area contributed by atoms with Crippen LogP contribution in [0.5, 0.6) is 12.0 Å². The highest BCUT2D eigenvalue weighted by molar-refractivity contribution is 6.37. The van der Waals surface area contributed by atoms with Gasteiger partial charge in [0.1, 0.15) is 36.1 Å². The van der Waals surface area contributed by atoms with Crippen LogP contribution >= 0.6 is 23.2 Å². The second kappa shape index (κ2) is 23.6. The zero-order valence-corrected chi connectivity index (χ0v) is 48.6. The summed E-state index contributed by atoms with van der Waals surface area (Å²) in [6.45, 7) is 6.50. The van der Waals surface area contributed by atoms with Crippen molar-refractivity contribution < 1.29 is 28.2 Å². The van der Waals surface area contributed by atoms with Crippen LogP contribution in [-0.4, -0.2) is 157 Å². The average molecular weight is 1160 g/mol. The predicted molar refractivity (Wildman–Crippen MR) is 320 cm³/mol. The summed E-state index contributed by atoms with van der Waals surface area (Å²) in [5.41, 5.74) is 4.59. The second-order valence-electron chi connectivity index (χ2n) is 22.7. The van der Waals surface area contributed by atoms with Crippen LogP contribution in [0.25, 0.3) is 43.7 Å². The molecule has 5 aliphatic heterocycles.